The molecule has 0 saturated heterocycles. The predicted molar refractivity (Wildman–Crippen MR) is 77.9 cm³/mol. The maximum Gasteiger partial charge on any atom is 0.435 e. The fraction of sp³-hybridized carbons (Fsp3) is 0.214. The second kappa shape index (κ2) is 5.75. The Bertz CT molecular complexity index is 781. The molecule has 0 atom stereocenters. The molecule has 2 aromatic rings. The summed E-state index contributed by atoms with van der Waals surface area (Å²) in [6.07, 6.45) is -3.51. The summed E-state index contributed by atoms with van der Waals surface area (Å²) < 4.78 is 40.2. The van der Waals surface area contributed by atoms with E-state index in [1.807, 2.05) is 0 Å². The summed E-state index contributed by atoms with van der Waals surface area (Å²) in [5, 5.41) is 15.7. The number of hydrogen-bond donors (Lipinski definition) is 2. The summed E-state index contributed by atoms with van der Waals surface area (Å²) in [4.78, 5) is 15.4. The van der Waals surface area contributed by atoms with Crippen LogP contribution in [0.3, 0.4) is 0 Å². The molecule has 0 aliphatic carbocycles. The number of rotatable bonds is 3. The molecular weight excluding hydrogens is 313 g/mol. The fourth-order valence-electron chi connectivity index (χ4n) is 2.16. The fourth-order valence-corrected chi connectivity index (χ4v) is 2.16. The van der Waals surface area contributed by atoms with Crippen LogP contribution in [0.15, 0.2) is 23.3 Å². The molecule has 9 heteroatoms. The highest BCUT2D eigenvalue weighted by Gasteiger charge is 2.37. The molecule has 0 saturated carbocycles. The minimum absolute atomic E-state index is 0.00563. The van der Waals surface area contributed by atoms with Crippen molar-refractivity contribution in [2.75, 3.05) is 7.05 Å². The van der Waals surface area contributed by atoms with Gasteiger partial charge in [0, 0.05) is 25.9 Å². The van der Waals surface area contributed by atoms with Crippen molar-refractivity contribution in [1.82, 2.24) is 15.1 Å². The quantitative estimate of drug-likeness (QED) is 0.851. The molecule has 0 bridgehead atoms. The summed E-state index contributed by atoms with van der Waals surface area (Å²) in [7, 11) is 2.70. The Balaban J connectivity index is 2.73. The number of aromatic hydroxyl groups is 1. The third kappa shape index (κ3) is 3.03. The van der Waals surface area contributed by atoms with Crippen molar-refractivity contribution >= 4 is 18.3 Å². The van der Waals surface area contributed by atoms with Gasteiger partial charge in [-0.2, -0.15) is 18.3 Å². The van der Waals surface area contributed by atoms with E-state index in [9.17, 15) is 23.1 Å². The molecule has 2 N–H and O–H groups in total. The first-order valence-corrected chi connectivity index (χ1v) is 6.36. The van der Waals surface area contributed by atoms with Crippen molar-refractivity contribution in [3.05, 3.63) is 29.6 Å². The molecule has 1 aromatic carbocycles. The molecule has 122 valence electrons. The summed E-state index contributed by atoms with van der Waals surface area (Å²) >= 11 is 0. The Morgan fingerprint density at radius 1 is 1.43 bits per heavy atom. The third-order valence-electron chi connectivity index (χ3n) is 3.13. The van der Waals surface area contributed by atoms with Gasteiger partial charge in [0.05, 0.1) is 5.56 Å². The van der Waals surface area contributed by atoms with E-state index in [1.165, 1.54) is 20.2 Å². The number of phenols is 1. The average molecular weight is 326 g/mol. The first kappa shape index (κ1) is 16.5. The second-order valence-corrected chi connectivity index (χ2v) is 4.69. The van der Waals surface area contributed by atoms with Crippen LogP contribution in [0.2, 0.25) is 0 Å². The highest BCUT2D eigenvalue weighted by atomic mass is 19.4. The molecule has 2 rings (SSSR count). The topological polar surface area (TPSA) is 79.5 Å². The molecule has 1 aromatic heterocycles. The Hall–Kier alpha value is -2.84. The van der Waals surface area contributed by atoms with Gasteiger partial charge in [0.1, 0.15) is 11.4 Å². The molecule has 0 radical (unpaired) electrons. The van der Waals surface area contributed by atoms with Crippen LogP contribution in [0.4, 0.5) is 18.9 Å². The number of aryl methyl sites for hydroxylation is 1. The number of aliphatic imine (C=N–C) groups is 1. The van der Waals surface area contributed by atoms with E-state index in [1.54, 1.807) is 0 Å². The Labute approximate surface area is 129 Å². The maximum atomic E-state index is 13.1. The maximum absolute atomic E-state index is 13.1. The molecule has 0 spiro atoms. The van der Waals surface area contributed by atoms with Crippen molar-refractivity contribution in [1.29, 1.82) is 0 Å². The molecule has 23 heavy (non-hydrogen) atoms. The second-order valence-electron chi connectivity index (χ2n) is 4.69. The van der Waals surface area contributed by atoms with Gasteiger partial charge in [0.25, 0.3) is 5.91 Å². The van der Waals surface area contributed by atoms with Crippen LogP contribution in [0.1, 0.15) is 16.1 Å². The monoisotopic (exact) mass is 326 g/mol. The van der Waals surface area contributed by atoms with E-state index >= 15 is 0 Å². The van der Waals surface area contributed by atoms with Crippen LogP contribution >= 0.6 is 0 Å². The summed E-state index contributed by atoms with van der Waals surface area (Å²) in [6, 6.07) is 2.29. The number of phenolic OH excluding ortho intramolecular Hbond substituents is 1. The summed E-state index contributed by atoms with van der Waals surface area (Å²) in [6.45, 7) is 3.25. The van der Waals surface area contributed by atoms with Crippen molar-refractivity contribution in [3.8, 4) is 16.9 Å². The standard InChI is InChI=1S/C14H13F3N4O2/c1-18-11-8(13(23)19-2)4-7(5-10(11)22)9-6-21(3)20-12(9)14(15,16)17/h4-6,22H,1H2,2-3H3,(H,19,23). The molecule has 1 amide bonds. The zero-order valence-corrected chi connectivity index (χ0v) is 12.3. The molecule has 6 nitrogen and oxygen atoms in total. The molecule has 0 aliphatic heterocycles. The van der Waals surface area contributed by atoms with Gasteiger partial charge in [0.2, 0.25) is 0 Å². The lowest BCUT2D eigenvalue weighted by Gasteiger charge is -2.11. The molecule has 1 heterocycles. The zero-order chi connectivity index (χ0) is 17.4. The van der Waals surface area contributed by atoms with E-state index < -0.39 is 23.5 Å². The number of benzene rings is 1. The number of aromatic nitrogens is 2. The average Bonchev–Trinajstić information content (AvgIpc) is 2.87. The van der Waals surface area contributed by atoms with Gasteiger partial charge >= 0.3 is 6.18 Å². The third-order valence-corrected chi connectivity index (χ3v) is 3.13. The Kier molecular flexibility index (Phi) is 4.13. The van der Waals surface area contributed by atoms with Crippen molar-refractivity contribution in [2.24, 2.45) is 12.0 Å². The van der Waals surface area contributed by atoms with E-state index in [0.29, 0.717) is 0 Å². The van der Waals surface area contributed by atoms with E-state index in [-0.39, 0.29) is 22.4 Å². The van der Waals surface area contributed by atoms with Crippen LogP contribution in [0.25, 0.3) is 11.1 Å². The lowest BCUT2D eigenvalue weighted by atomic mass is 10.0. The van der Waals surface area contributed by atoms with Gasteiger partial charge in [0.15, 0.2) is 5.69 Å². The number of halogens is 3. The highest BCUT2D eigenvalue weighted by molar-refractivity contribution is 6.01. The number of alkyl halides is 3. The SMILES string of the molecule is C=Nc1c(O)cc(-c2cn(C)nc2C(F)(F)F)cc1C(=O)NC. The Morgan fingerprint density at radius 3 is 2.61 bits per heavy atom. The van der Waals surface area contributed by atoms with Crippen LogP contribution < -0.4 is 5.32 Å². The minimum atomic E-state index is -4.67. The smallest absolute Gasteiger partial charge is 0.435 e. The van der Waals surface area contributed by atoms with Gasteiger partial charge in [-0.05, 0) is 24.4 Å². The number of carbonyl (C=O) groups excluding carboxylic acids is 1. The number of amides is 1. The van der Waals surface area contributed by atoms with Crippen LogP contribution in [-0.4, -0.2) is 34.6 Å². The minimum Gasteiger partial charge on any atom is -0.506 e. The van der Waals surface area contributed by atoms with E-state index in [2.05, 4.69) is 22.1 Å². The highest BCUT2D eigenvalue weighted by Crippen LogP contribution is 2.40. The zero-order valence-electron chi connectivity index (χ0n) is 12.3. The van der Waals surface area contributed by atoms with Crippen LogP contribution in [0, 0.1) is 0 Å². The lowest BCUT2D eigenvalue weighted by Crippen LogP contribution is -2.18. The predicted octanol–water partition coefficient (Wildman–Crippen LogP) is 2.50. The lowest BCUT2D eigenvalue weighted by molar-refractivity contribution is -0.140. The van der Waals surface area contributed by atoms with Gasteiger partial charge in [-0.3, -0.25) is 14.5 Å². The number of carbonyl (C=O) groups is 1. The summed E-state index contributed by atoms with van der Waals surface area (Å²) in [5.74, 6) is -1.06. The molecule has 0 aliphatic rings. The van der Waals surface area contributed by atoms with Crippen LogP contribution in [-0.2, 0) is 13.2 Å². The number of nitrogens with one attached hydrogen (secondary N) is 1. The number of nitrogens with zero attached hydrogens (tertiary/aromatic N) is 3. The van der Waals surface area contributed by atoms with E-state index in [4.69, 9.17) is 0 Å². The van der Waals surface area contributed by atoms with Gasteiger partial charge in [-0.1, -0.05) is 0 Å². The Morgan fingerprint density at radius 2 is 2.09 bits per heavy atom. The van der Waals surface area contributed by atoms with Crippen molar-refractivity contribution in [2.45, 2.75) is 6.18 Å². The molecular formula is C14H13F3N4O2. The van der Waals surface area contributed by atoms with E-state index in [0.717, 1.165) is 16.9 Å². The van der Waals surface area contributed by atoms with Crippen molar-refractivity contribution < 1.29 is 23.1 Å². The first-order valence-electron chi connectivity index (χ1n) is 6.36. The summed E-state index contributed by atoms with van der Waals surface area (Å²) in [5.41, 5.74) is -1.56. The molecule has 0 fully saturated rings. The van der Waals surface area contributed by atoms with Gasteiger partial charge < -0.3 is 10.4 Å². The van der Waals surface area contributed by atoms with Crippen molar-refractivity contribution in [3.63, 3.8) is 0 Å². The normalized spacial score (nSPS) is 11.3. The largest absolute Gasteiger partial charge is 0.506 e. The number of hydrogen-bond acceptors (Lipinski definition) is 4. The molecule has 0 unspecified atom stereocenters. The van der Waals surface area contributed by atoms with Gasteiger partial charge in [-0.25, -0.2) is 0 Å². The first-order chi connectivity index (χ1) is 10.7. The van der Waals surface area contributed by atoms with Gasteiger partial charge in [-0.15, -0.1) is 0 Å². The van der Waals surface area contributed by atoms with Crippen LogP contribution in [0.5, 0.6) is 5.75 Å².